The number of pyridine rings is 1. The third kappa shape index (κ3) is 2.96. The average Bonchev–Trinajstić information content (AvgIpc) is 2.29. The molecule has 0 aliphatic carbocycles. The predicted molar refractivity (Wildman–Crippen MR) is 71.4 cm³/mol. The summed E-state index contributed by atoms with van der Waals surface area (Å²) < 4.78 is 14.2. The van der Waals surface area contributed by atoms with Crippen molar-refractivity contribution in [2.24, 2.45) is 0 Å². The van der Waals surface area contributed by atoms with Crippen LogP contribution in [-0.4, -0.2) is 4.98 Å². The van der Waals surface area contributed by atoms with E-state index >= 15 is 0 Å². The van der Waals surface area contributed by atoms with Crippen molar-refractivity contribution < 1.29 is 4.39 Å². The first kappa shape index (κ1) is 12.3. The zero-order valence-corrected chi connectivity index (χ0v) is 11.3. The lowest BCUT2D eigenvalue weighted by Crippen LogP contribution is -1.95. The lowest BCUT2D eigenvalue weighted by atomic mass is 10.2. The third-order valence-corrected chi connectivity index (χ3v) is 3.38. The summed E-state index contributed by atoms with van der Waals surface area (Å²) in [6.07, 6.45) is 1.70. The molecule has 2 rings (SSSR count). The number of rotatable bonds is 2. The number of benzene rings is 1. The van der Waals surface area contributed by atoms with Gasteiger partial charge in [0.25, 0.3) is 0 Å². The molecule has 0 aliphatic rings. The van der Waals surface area contributed by atoms with E-state index in [2.05, 4.69) is 26.2 Å². The highest BCUT2D eigenvalue weighted by molar-refractivity contribution is 9.10. The molecule has 2 aromatic rings. The van der Waals surface area contributed by atoms with Gasteiger partial charge in [0.15, 0.2) is 0 Å². The lowest BCUT2D eigenvalue weighted by Gasteiger charge is -2.07. The second-order valence-electron chi connectivity index (χ2n) is 3.57. The molecule has 5 heteroatoms. The summed E-state index contributed by atoms with van der Waals surface area (Å²) in [5.74, 6) is 0.206. The molecule has 0 fully saturated rings. The van der Waals surface area contributed by atoms with E-state index in [9.17, 15) is 4.39 Å². The minimum Gasteiger partial charge on any atom is -0.340 e. The number of aromatic nitrogens is 1. The highest BCUT2D eigenvalue weighted by Crippen LogP contribution is 2.23. The molecule has 2 nitrogen and oxygen atoms in total. The Morgan fingerprint density at radius 1 is 1.35 bits per heavy atom. The molecule has 0 aliphatic heterocycles. The number of hydrogen-bond acceptors (Lipinski definition) is 2. The molecule has 0 bridgehead atoms. The topological polar surface area (TPSA) is 24.9 Å². The van der Waals surface area contributed by atoms with Crippen LogP contribution in [0.25, 0.3) is 0 Å². The van der Waals surface area contributed by atoms with Gasteiger partial charge < -0.3 is 5.32 Å². The minimum atomic E-state index is -0.453. The minimum absolute atomic E-state index is 0.107. The van der Waals surface area contributed by atoms with Gasteiger partial charge >= 0.3 is 0 Å². The van der Waals surface area contributed by atoms with E-state index in [0.29, 0.717) is 11.5 Å². The Hall–Kier alpha value is -1.13. The number of halogens is 3. The van der Waals surface area contributed by atoms with Crippen LogP contribution >= 0.6 is 27.5 Å². The standard InChI is InChI=1S/C12H9BrClFN2/c1-7-4-12(16-6-9(7)13)17-8-2-3-10(14)11(15)5-8/h2-6H,1H3,(H,16,17). The molecule has 0 radical (unpaired) electrons. The second kappa shape index (κ2) is 5.02. The predicted octanol–water partition coefficient (Wildman–Crippen LogP) is 4.69. The highest BCUT2D eigenvalue weighted by atomic mass is 79.9. The molecule has 1 aromatic heterocycles. The number of nitrogens with one attached hydrogen (secondary N) is 1. The quantitative estimate of drug-likeness (QED) is 0.869. The normalized spacial score (nSPS) is 10.4. The summed E-state index contributed by atoms with van der Waals surface area (Å²) in [4.78, 5) is 4.17. The van der Waals surface area contributed by atoms with E-state index in [1.807, 2.05) is 13.0 Å². The molecule has 1 aromatic carbocycles. The number of nitrogens with zero attached hydrogens (tertiary/aromatic N) is 1. The van der Waals surface area contributed by atoms with Crippen LogP contribution in [0.2, 0.25) is 5.02 Å². The second-order valence-corrected chi connectivity index (χ2v) is 4.83. The molecule has 88 valence electrons. The number of aryl methyl sites for hydroxylation is 1. The van der Waals surface area contributed by atoms with Crippen LogP contribution in [0.5, 0.6) is 0 Å². The van der Waals surface area contributed by atoms with Gasteiger partial charge in [-0.05, 0) is 52.7 Å². The molecule has 1 heterocycles. The SMILES string of the molecule is Cc1cc(Nc2ccc(Cl)c(F)c2)ncc1Br. The maximum Gasteiger partial charge on any atom is 0.143 e. The van der Waals surface area contributed by atoms with Gasteiger partial charge in [0, 0.05) is 16.4 Å². The molecule has 17 heavy (non-hydrogen) atoms. The number of anilines is 2. The third-order valence-electron chi connectivity index (χ3n) is 2.24. The molecular weight excluding hydrogens is 307 g/mol. The molecular formula is C12H9BrClFN2. The van der Waals surface area contributed by atoms with Crippen molar-refractivity contribution in [3.63, 3.8) is 0 Å². The fraction of sp³-hybridized carbons (Fsp3) is 0.0833. The van der Waals surface area contributed by atoms with Gasteiger partial charge in [0.2, 0.25) is 0 Å². The van der Waals surface area contributed by atoms with Crippen LogP contribution in [0.15, 0.2) is 34.9 Å². The fourth-order valence-corrected chi connectivity index (χ4v) is 1.66. The molecule has 1 N–H and O–H groups in total. The molecule has 0 saturated carbocycles. The summed E-state index contributed by atoms with van der Waals surface area (Å²) >= 11 is 8.97. The zero-order chi connectivity index (χ0) is 12.4. The first-order valence-corrected chi connectivity index (χ1v) is 6.07. The van der Waals surface area contributed by atoms with Crippen LogP contribution in [0.1, 0.15) is 5.56 Å². The largest absolute Gasteiger partial charge is 0.340 e. The van der Waals surface area contributed by atoms with Gasteiger partial charge in [-0.25, -0.2) is 9.37 Å². The Kier molecular flexibility index (Phi) is 3.64. The van der Waals surface area contributed by atoms with E-state index in [1.165, 1.54) is 12.1 Å². The van der Waals surface area contributed by atoms with E-state index in [0.717, 1.165) is 10.0 Å². The van der Waals surface area contributed by atoms with Crippen molar-refractivity contribution in [2.75, 3.05) is 5.32 Å². The smallest absolute Gasteiger partial charge is 0.143 e. The van der Waals surface area contributed by atoms with Gasteiger partial charge in [-0.2, -0.15) is 0 Å². The van der Waals surface area contributed by atoms with Crippen molar-refractivity contribution in [2.45, 2.75) is 6.92 Å². The Morgan fingerprint density at radius 3 is 2.76 bits per heavy atom. The van der Waals surface area contributed by atoms with E-state index in [-0.39, 0.29) is 5.02 Å². The fourth-order valence-electron chi connectivity index (χ4n) is 1.33. The lowest BCUT2D eigenvalue weighted by molar-refractivity contribution is 0.629. The first-order chi connectivity index (χ1) is 8.06. The summed E-state index contributed by atoms with van der Waals surface area (Å²) in [6, 6.07) is 6.41. The Balaban J connectivity index is 2.25. The van der Waals surface area contributed by atoms with Crippen LogP contribution < -0.4 is 5.32 Å². The van der Waals surface area contributed by atoms with Crippen LogP contribution in [0, 0.1) is 12.7 Å². The molecule has 0 amide bonds. The summed E-state index contributed by atoms with van der Waals surface area (Å²) in [6.45, 7) is 1.96. The molecule has 0 unspecified atom stereocenters. The van der Waals surface area contributed by atoms with Gasteiger partial charge in [-0.15, -0.1) is 0 Å². The van der Waals surface area contributed by atoms with Crippen LogP contribution in [0.3, 0.4) is 0 Å². The summed E-state index contributed by atoms with van der Waals surface area (Å²) in [7, 11) is 0. The summed E-state index contributed by atoms with van der Waals surface area (Å²) in [5, 5.41) is 3.12. The van der Waals surface area contributed by atoms with Gasteiger partial charge in [-0.1, -0.05) is 11.6 Å². The maximum absolute atomic E-state index is 13.2. The van der Waals surface area contributed by atoms with Gasteiger partial charge in [0.1, 0.15) is 11.6 Å². The van der Waals surface area contributed by atoms with Crippen molar-refractivity contribution in [1.29, 1.82) is 0 Å². The highest BCUT2D eigenvalue weighted by Gasteiger charge is 2.03. The molecule has 0 spiro atoms. The van der Waals surface area contributed by atoms with E-state index < -0.39 is 5.82 Å². The monoisotopic (exact) mass is 314 g/mol. The summed E-state index contributed by atoms with van der Waals surface area (Å²) in [5.41, 5.74) is 1.66. The molecule has 0 atom stereocenters. The Bertz CT molecular complexity index is 511. The zero-order valence-electron chi connectivity index (χ0n) is 8.97. The maximum atomic E-state index is 13.2. The first-order valence-electron chi connectivity index (χ1n) is 4.90. The van der Waals surface area contributed by atoms with Crippen molar-refractivity contribution in [3.8, 4) is 0 Å². The van der Waals surface area contributed by atoms with Crippen molar-refractivity contribution in [1.82, 2.24) is 4.98 Å². The average molecular weight is 316 g/mol. The molecule has 0 saturated heterocycles. The van der Waals surface area contributed by atoms with Gasteiger partial charge in [-0.3, -0.25) is 0 Å². The van der Waals surface area contributed by atoms with E-state index in [1.54, 1.807) is 12.3 Å². The van der Waals surface area contributed by atoms with E-state index in [4.69, 9.17) is 11.6 Å². The van der Waals surface area contributed by atoms with Crippen LogP contribution in [0.4, 0.5) is 15.9 Å². The van der Waals surface area contributed by atoms with Crippen molar-refractivity contribution in [3.05, 3.63) is 51.3 Å². The Morgan fingerprint density at radius 2 is 2.12 bits per heavy atom. The van der Waals surface area contributed by atoms with Gasteiger partial charge in [0.05, 0.1) is 5.02 Å². The van der Waals surface area contributed by atoms with Crippen molar-refractivity contribution >= 4 is 39.0 Å². The Labute approximate surface area is 112 Å². The van der Waals surface area contributed by atoms with Crippen LogP contribution in [-0.2, 0) is 0 Å². The number of hydrogen-bond donors (Lipinski definition) is 1.